The lowest BCUT2D eigenvalue weighted by atomic mass is 10.2. The summed E-state index contributed by atoms with van der Waals surface area (Å²) in [4.78, 5) is 18.6. The molecule has 0 aliphatic heterocycles. The molecule has 0 fully saturated rings. The molecule has 1 aromatic rings. The number of thiazole rings is 1. The first-order chi connectivity index (χ1) is 7.58. The van der Waals surface area contributed by atoms with Crippen LogP contribution in [-0.4, -0.2) is 16.9 Å². The van der Waals surface area contributed by atoms with Gasteiger partial charge in [-0.25, -0.2) is 4.98 Å². The molecule has 6 N–H and O–H groups in total. The lowest BCUT2D eigenvalue weighted by molar-refractivity contribution is -0.117. The second-order valence-corrected chi connectivity index (χ2v) is 4.25. The Hall–Kier alpha value is -1.63. The van der Waals surface area contributed by atoms with Crippen LogP contribution in [0.15, 0.2) is 10.4 Å². The average molecular weight is 241 g/mol. The van der Waals surface area contributed by atoms with E-state index < -0.39 is 0 Å². The zero-order valence-corrected chi connectivity index (χ0v) is 9.67. The number of unbranched alkanes of at least 4 members (excludes halogenated alkanes) is 1. The number of guanidine groups is 1. The quantitative estimate of drug-likeness (QED) is 0.387. The fourth-order valence-electron chi connectivity index (χ4n) is 1.19. The molecule has 1 aromatic heterocycles. The molecule has 0 saturated carbocycles. The highest BCUT2D eigenvalue weighted by Gasteiger charge is 2.02. The van der Waals surface area contributed by atoms with Crippen LogP contribution in [0.4, 0.5) is 5.82 Å². The van der Waals surface area contributed by atoms with Gasteiger partial charge in [-0.05, 0) is 19.3 Å². The van der Waals surface area contributed by atoms with Crippen molar-refractivity contribution in [3.05, 3.63) is 10.4 Å². The van der Waals surface area contributed by atoms with Crippen LogP contribution < -0.4 is 17.2 Å². The van der Waals surface area contributed by atoms with Crippen molar-refractivity contribution < 1.29 is 4.79 Å². The van der Waals surface area contributed by atoms with Gasteiger partial charge >= 0.3 is 0 Å². The molecule has 16 heavy (non-hydrogen) atoms. The van der Waals surface area contributed by atoms with Crippen molar-refractivity contribution in [1.29, 1.82) is 0 Å². The van der Waals surface area contributed by atoms with Gasteiger partial charge in [0.25, 0.3) is 0 Å². The Balaban J connectivity index is 2.17. The number of rotatable bonds is 5. The number of aliphatic imine (C=N–C) groups is 1. The normalized spacial score (nSPS) is 10.0. The van der Waals surface area contributed by atoms with Gasteiger partial charge in [0.15, 0.2) is 5.96 Å². The Morgan fingerprint density at radius 1 is 1.44 bits per heavy atom. The molecule has 0 aromatic carbocycles. The Morgan fingerprint density at radius 3 is 2.75 bits per heavy atom. The fourth-order valence-corrected chi connectivity index (χ4v) is 1.92. The summed E-state index contributed by atoms with van der Waals surface area (Å²) in [6.45, 7) is 0. The SMILES string of the molecule is NC(N)=NC(=O)CCCCc1nc(N)cs1. The highest BCUT2D eigenvalue weighted by molar-refractivity contribution is 7.10. The first-order valence-corrected chi connectivity index (χ1v) is 5.78. The standard InChI is InChI=1S/C9H15N5OS/c10-6-5-16-8(13-6)4-2-1-3-7(15)14-9(11)12/h5H,1-4,10H2,(H4,11,12,14,15). The largest absolute Gasteiger partial charge is 0.383 e. The van der Waals surface area contributed by atoms with Crippen molar-refractivity contribution in [3.63, 3.8) is 0 Å². The summed E-state index contributed by atoms with van der Waals surface area (Å²) in [7, 11) is 0. The summed E-state index contributed by atoms with van der Waals surface area (Å²) in [5, 5.41) is 2.80. The highest BCUT2D eigenvalue weighted by Crippen LogP contribution is 2.14. The number of hydrogen-bond donors (Lipinski definition) is 3. The third kappa shape index (κ3) is 4.74. The molecule has 6 nitrogen and oxygen atoms in total. The van der Waals surface area contributed by atoms with E-state index in [1.807, 2.05) is 0 Å². The van der Waals surface area contributed by atoms with Gasteiger partial charge in [0.2, 0.25) is 5.91 Å². The second-order valence-electron chi connectivity index (χ2n) is 3.30. The number of aromatic nitrogens is 1. The number of aryl methyl sites for hydroxylation is 1. The van der Waals surface area contributed by atoms with Crippen LogP contribution in [0.2, 0.25) is 0 Å². The van der Waals surface area contributed by atoms with E-state index in [-0.39, 0.29) is 11.9 Å². The summed E-state index contributed by atoms with van der Waals surface area (Å²) in [6.07, 6.45) is 2.81. The van der Waals surface area contributed by atoms with Crippen LogP contribution in [-0.2, 0) is 11.2 Å². The molecule has 0 spiro atoms. The molecule has 1 rings (SSSR count). The maximum atomic E-state index is 11.1. The van der Waals surface area contributed by atoms with E-state index in [1.165, 1.54) is 11.3 Å². The van der Waals surface area contributed by atoms with Crippen LogP contribution >= 0.6 is 11.3 Å². The number of amides is 1. The minimum Gasteiger partial charge on any atom is -0.383 e. The highest BCUT2D eigenvalue weighted by atomic mass is 32.1. The molecule has 88 valence electrons. The van der Waals surface area contributed by atoms with Crippen LogP contribution in [0.1, 0.15) is 24.3 Å². The predicted octanol–water partition coefficient (Wildman–Crippen LogP) is 0.238. The predicted molar refractivity (Wildman–Crippen MR) is 64.9 cm³/mol. The monoisotopic (exact) mass is 241 g/mol. The first kappa shape index (κ1) is 12.4. The molecule has 0 unspecified atom stereocenters. The van der Waals surface area contributed by atoms with Gasteiger partial charge in [0.05, 0.1) is 5.01 Å². The second kappa shape index (κ2) is 6.06. The van der Waals surface area contributed by atoms with Gasteiger partial charge in [-0.15, -0.1) is 11.3 Å². The number of anilines is 1. The van der Waals surface area contributed by atoms with Crippen LogP contribution in [0, 0.1) is 0 Å². The van der Waals surface area contributed by atoms with E-state index in [1.54, 1.807) is 5.38 Å². The van der Waals surface area contributed by atoms with E-state index in [0.29, 0.717) is 12.2 Å². The Kier molecular flexibility index (Phi) is 4.71. The van der Waals surface area contributed by atoms with Gasteiger partial charge in [-0.1, -0.05) is 0 Å². The van der Waals surface area contributed by atoms with Crippen molar-refractivity contribution in [2.45, 2.75) is 25.7 Å². The number of carbonyl (C=O) groups excluding carboxylic acids is 1. The number of hydrogen-bond acceptors (Lipinski definition) is 4. The van der Waals surface area contributed by atoms with Gasteiger partial charge < -0.3 is 17.2 Å². The zero-order chi connectivity index (χ0) is 12.0. The van der Waals surface area contributed by atoms with Crippen LogP contribution in [0.5, 0.6) is 0 Å². The lowest BCUT2D eigenvalue weighted by Crippen LogP contribution is -2.24. The molecular weight excluding hydrogens is 226 g/mol. The summed E-state index contributed by atoms with van der Waals surface area (Å²) < 4.78 is 0. The van der Waals surface area contributed by atoms with Crippen molar-refractivity contribution in [3.8, 4) is 0 Å². The first-order valence-electron chi connectivity index (χ1n) is 4.90. The minimum absolute atomic E-state index is 0.183. The Labute approximate surface area is 97.6 Å². The lowest BCUT2D eigenvalue weighted by Gasteiger charge is -1.96. The van der Waals surface area contributed by atoms with Gasteiger partial charge in [0.1, 0.15) is 5.82 Å². The van der Waals surface area contributed by atoms with E-state index >= 15 is 0 Å². The van der Waals surface area contributed by atoms with Gasteiger partial charge in [-0.2, -0.15) is 4.99 Å². The summed E-state index contributed by atoms with van der Waals surface area (Å²) in [5.41, 5.74) is 15.6. The molecule has 1 amide bonds. The summed E-state index contributed by atoms with van der Waals surface area (Å²) in [5.74, 6) is 0.0907. The molecule has 0 aliphatic carbocycles. The molecular formula is C9H15N5OS. The van der Waals surface area contributed by atoms with E-state index in [0.717, 1.165) is 24.3 Å². The fraction of sp³-hybridized carbons (Fsp3) is 0.444. The number of nitrogen functional groups attached to an aromatic ring is 1. The van der Waals surface area contributed by atoms with Gasteiger partial charge in [-0.3, -0.25) is 4.79 Å². The zero-order valence-electron chi connectivity index (χ0n) is 8.85. The van der Waals surface area contributed by atoms with Crippen molar-refractivity contribution in [1.82, 2.24) is 4.98 Å². The maximum absolute atomic E-state index is 11.1. The number of nitrogens with two attached hydrogens (primary N) is 3. The van der Waals surface area contributed by atoms with Gasteiger partial charge in [0, 0.05) is 11.8 Å². The topological polar surface area (TPSA) is 120 Å². The smallest absolute Gasteiger partial charge is 0.248 e. The van der Waals surface area contributed by atoms with Crippen molar-refractivity contribution in [2.75, 3.05) is 5.73 Å². The third-order valence-corrected chi connectivity index (χ3v) is 2.78. The Morgan fingerprint density at radius 2 is 2.19 bits per heavy atom. The summed E-state index contributed by atoms with van der Waals surface area (Å²) >= 11 is 1.53. The number of nitrogens with zero attached hydrogens (tertiary/aromatic N) is 2. The molecule has 0 aliphatic rings. The average Bonchev–Trinajstić information content (AvgIpc) is 2.58. The summed E-state index contributed by atoms with van der Waals surface area (Å²) in [6, 6.07) is 0. The third-order valence-electron chi connectivity index (χ3n) is 1.85. The van der Waals surface area contributed by atoms with E-state index in [4.69, 9.17) is 17.2 Å². The number of carbonyl (C=O) groups is 1. The van der Waals surface area contributed by atoms with E-state index in [9.17, 15) is 4.79 Å². The molecule has 0 bridgehead atoms. The molecule has 0 saturated heterocycles. The molecule has 1 heterocycles. The van der Waals surface area contributed by atoms with Crippen molar-refractivity contribution >= 4 is 29.0 Å². The van der Waals surface area contributed by atoms with Crippen LogP contribution in [0.25, 0.3) is 0 Å². The molecule has 0 atom stereocenters. The van der Waals surface area contributed by atoms with Crippen molar-refractivity contribution in [2.24, 2.45) is 16.5 Å². The maximum Gasteiger partial charge on any atom is 0.248 e. The van der Waals surface area contributed by atoms with E-state index in [2.05, 4.69) is 9.98 Å². The molecule has 7 heteroatoms. The minimum atomic E-state index is -0.279. The Bertz CT molecular complexity index is 383. The van der Waals surface area contributed by atoms with Crippen LogP contribution in [0.3, 0.4) is 0 Å². The molecule has 0 radical (unpaired) electrons.